The van der Waals surface area contributed by atoms with Crippen LogP contribution in [-0.4, -0.2) is 98.5 Å². The summed E-state index contributed by atoms with van der Waals surface area (Å²) in [4.78, 5) is 16.1. The van der Waals surface area contributed by atoms with Gasteiger partial charge in [-0.2, -0.15) is 14.0 Å². The summed E-state index contributed by atoms with van der Waals surface area (Å²) in [5.41, 5.74) is 16.9. The fourth-order valence-electron chi connectivity index (χ4n) is 9.88. The minimum atomic E-state index is -0.274. The lowest BCUT2D eigenvalue weighted by Gasteiger charge is -2.42. The molecule has 4 fully saturated rings. The number of aryl methyl sites for hydroxylation is 1. The van der Waals surface area contributed by atoms with Crippen molar-refractivity contribution >= 4 is 81.1 Å². The molecule has 332 valence electrons. The molecule has 10 rings (SSSR count). The third-order valence-corrected chi connectivity index (χ3v) is 16.7. The predicted molar refractivity (Wildman–Crippen MR) is 247 cm³/mol. The van der Waals surface area contributed by atoms with Gasteiger partial charge in [0.1, 0.15) is 24.1 Å². The molecule has 2 spiro atoms. The molecule has 19 heteroatoms. The summed E-state index contributed by atoms with van der Waals surface area (Å²) in [6.45, 7) is 8.58. The van der Waals surface area contributed by atoms with Gasteiger partial charge in [0.25, 0.3) is 0 Å². The normalized spacial score (nSPS) is 22.1. The number of aliphatic hydroxyl groups is 1. The lowest BCUT2D eigenvalue weighted by Crippen LogP contribution is -2.51. The first kappa shape index (κ1) is 43.3. The van der Waals surface area contributed by atoms with Crippen molar-refractivity contribution in [1.29, 1.82) is 0 Å². The summed E-state index contributed by atoms with van der Waals surface area (Å²) < 4.78 is 22.2. The first-order chi connectivity index (χ1) is 30.4. The van der Waals surface area contributed by atoms with Crippen LogP contribution < -0.4 is 26.0 Å². The molecule has 0 saturated carbocycles. The van der Waals surface area contributed by atoms with E-state index in [0.29, 0.717) is 86.8 Å². The second-order valence-corrected chi connectivity index (χ2v) is 20.0. The Balaban J connectivity index is 1.06. The zero-order valence-electron chi connectivity index (χ0n) is 34.9. The first-order valence-corrected chi connectivity index (χ1v) is 23.5. The SMILES string of the molecule is Cc1nc2c(Sc3cccc(Cl)c3Cl)c(COc3nc4c(-c5cccc(Cl)c5Cl)c(CO)cc(N5CCC6(CC5)COC[C@H]6N)n4n3)cc(N3CCC4(CC3)CO[C@@H](C)C4N)n2n1. The van der Waals surface area contributed by atoms with Gasteiger partial charge in [0, 0.05) is 70.7 Å². The lowest BCUT2D eigenvalue weighted by molar-refractivity contribution is 0.0974. The molecular weight excluding hydrogens is 906 g/mol. The summed E-state index contributed by atoms with van der Waals surface area (Å²) in [6.07, 6.45) is 3.50. The van der Waals surface area contributed by atoms with E-state index in [1.165, 1.54) is 11.8 Å². The van der Waals surface area contributed by atoms with Crippen LogP contribution in [0, 0.1) is 17.8 Å². The number of benzene rings is 2. The molecule has 0 aliphatic carbocycles. The Labute approximate surface area is 389 Å². The third-order valence-electron chi connectivity index (χ3n) is 13.7. The number of hydrogen-bond acceptors (Lipinski definition) is 13. The third kappa shape index (κ3) is 7.59. The van der Waals surface area contributed by atoms with E-state index in [4.69, 9.17) is 92.2 Å². The van der Waals surface area contributed by atoms with E-state index >= 15 is 0 Å². The lowest BCUT2D eigenvalue weighted by atomic mass is 9.73. The Morgan fingerprint density at radius 3 is 2.13 bits per heavy atom. The highest BCUT2D eigenvalue weighted by Gasteiger charge is 2.48. The topological polar surface area (TPSA) is 167 Å². The number of nitrogens with two attached hydrogens (primary N) is 2. The minimum Gasteiger partial charge on any atom is -0.457 e. The van der Waals surface area contributed by atoms with E-state index in [0.717, 1.165) is 65.8 Å². The Morgan fingerprint density at radius 1 is 0.825 bits per heavy atom. The number of rotatable bonds is 9. The van der Waals surface area contributed by atoms with E-state index in [1.807, 2.05) is 41.8 Å². The van der Waals surface area contributed by atoms with Crippen molar-refractivity contribution in [2.75, 3.05) is 55.8 Å². The molecule has 8 heterocycles. The van der Waals surface area contributed by atoms with Gasteiger partial charge in [-0.3, -0.25) is 0 Å². The van der Waals surface area contributed by atoms with Crippen LogP contribution >= 0.6 is 58.2 Å². The standard InChI is InChI=1S/C44H48Cl4N10O4S/c1-24-39(50)44(23-62-24)11-15-56(16-12-44)34-18-27(38(41-51-25(2)53-58(34)41)63-31-8-4-7-30(46)37(31)48)20-61-42-52-40-35(28-5-3-6-29(45)36(28)47)26(19-59)17-33(57(40)54-42)55-13-9-43(10-14-55)22-60-21-32(43)49/h3-8,17-18,24,32,39,59H,9-16,19-23,49-50H2,1-2H3/t24-,32+,39?/m0/s1. The number of fused-ring (bicyclic) bond motifs is 2. The first-order valence-electron chi connectivity index (χ1n) is 21.2. The fraction of sp³-hybridized carbons (Fsp3) is 0.455. The molecule has 0 amide bonds. The summed E-state index contributed by atoms with van der Waals surface area (Å²) in [5, 5.41) is 22.4. The molecule has 0 bridgehead atoms. The van der Waals surface area contributed by atoms with E-state index in [9.17, 15) is 5.11 Å². The number of nitrogens with zero attached hydrogens (tertiary/aromatic N) is 8. The van der Waals surface area contributed by atoms with Crippen LogP contribution in [0.2, 0.25) is 20.1 Å². The van der Waals surface area contributed by atoms with Crippen molar-refractivity contribution in [3.8, 4) is 17.1 Å². The van der Waals surface area contributed by atoms with Gasteiger partial charge in [-0.05, 0) is 75.4 Å². The molecule has 3 atom stereocenters. The van der Waals surface area contributed by atoms with Crippen LogP contribution in [0.5, 0.6) is 6.01 Å². The Morgan fingerprint density at radius 2 is 1.48 bits per heavy atom. The van der Waals surface area contributed by atoms with Crippen molar-refractivity contribution in [3.05, 3.63) is 85.6 Å². The van der Waals surface area contributed by atoms with Gasteiger partial charge in [0.2, 0.25) is 0 Å². The number of aromatic nitrogens is 6. The number of ether oxygens (including phenoxy) is 3. The Bertz CT molecular complexity index is 2720. The van der Waals surface area contributed by atoms with Crippen molar-refractivity contribution < 1.29 is 19.3 Å². The quantitative estimate of drug-likeness (QED) is 0.128. The maximum Gasteiger partial charge on any atom is 0.336 e. The average molecular weight is 955 g/mol. The molecule has 6 aromatic rings. The molecule has 4 aliphatic heterocycles. The van der Waals surface area contributed by atoms with Crippen LogP contribution in [0.4, 0.5) is 11.6 Å². The van der Waals surface area contributed by atoms with Gasteiger partial charge in [-0.25, -0.2) is 4.98 Å². The molecule has 2 aromatic carbocycles. The zero-order valence-corrected chi connectivity index (χ0v) is 38.7. The Kier molecular flexibility index (Phi) is 11.7. The second-order valence-electron chi connectivity index (χ2n) is 17.3. The fourth-order valence-corrected chi connectivity index (χ4v) is 11.8. The Hall–Kier alpha value is -3.61. The van der Waals surface area contributed by atoms with E-state index < -0.39 is 0 Å². The monoisotopic (exact) mass is 952 g/mol. The summed E-state index contributed by atoms with van der Waals surface area (Å²) in [5.74, 6) is 2.27. The molecule has 4 saturated heterocycles. The van der Waals surface area contributed by atoms with Gasteiger partial charge in [0.15, 0.2) is 11.3 Å². The number of hydrogen-bond donors (Lipinski definition) is 3. The molecule has 5 N–H and O–H groups in total. The molecular formula is C44H48Cl4N10O4S. The highest BCUT2D eigenvalue weighted by molar-refractivity contribution is 7.99. The average Bonchev–Trinajstić information content (AvgIpc) is 4.05. The van der Waals surface area contributed by atoms with Crippen LogP contribution in [-0.2, 0) is 22.7 Å². The maximum absolute atomic E-state index is 10.9. The number of pyridine rings is 2. The van der Waals surface area contributed by atoms with Gasteiger partial charge in [0.05, 0.1) is 57.5 Å². The highest BCUT2D eigenvalue weighted by atomic mass is 35.5. The van der Waals surface area contributed by atoms with Gasteiger partial charge in [-0.1, -0.05) is 76.4 Å². The molecule has 14 nitrogen and oxygen atoms in total. The minimum absolute atomic E-state index is 0.0127. The molecule has 4 aliphatic rings. The number of aliphatic hydroxyl groups excluding tert-OH is 1. The van der Waals surface area contributed by atoms with Crippen LogP contribution in [0.1, 0.15) is 49.6 Å². The predicted octanol–water partition coefficient (Wildman–Crippen LogP) is 7.86. The zero-order chi connectivity index (χ0) is 43.8. The highest BCUT2D eigenvalue weighted by Crippen LogP contribution is 2.46. The number of anilines is 2. The van der Waals surface area contributed by atoms with Crippen molar-refractivity contribution in [2.45, 2.75) is 80.7 Å². The van der Waals surface area contributed by atoms with E-state index in [-0.39, 0.29) is 48.2 Å². The van der Waals surface area contributed by atoms with Gasteiger partial charge in [-0.15, -0.1) is 10.2 Å². The molecule has 0 radical (unpaired) electrons. The molecule has 1 unspecified atom stereocenters. The summed E-state index contributed by atoms with van der Waals surface area (Å²) in [6, 6.07) is 15.1. The van der Waals surface area contributed by atoms with E-state index in [1.54, 1.807) is 16.6 Å². The van der Waals surface area contributed by atoms with Crippen LogP contribution in [0.3, 0.4) is 0 Å². The van der Waals surface area contributed by atoms with Crippen LogP contribution in [0.25, 0.3) is 22.4 Å². The van der Waals surface area contributed by atoms with E-state index in [2.05, 4.69) is 22.8 Å². The maximum atomic E-state index is 10.9. The number of piperidine rings is 2. The number of halogens is 4. The molecule has 63 heavy (non-hydrogen) atoms. The molecule has 4 aromatic heterocycles. The van der Waals surface area contributed by atoms with Crippen molar-refractivity contribution in [2.24, 2.45) is 22.3 Å². The second kappa shape index (κ2) is 17.0. The van der Waals surface area contributed by atoms with Gasteiger partial charge >= 0.3 is 6.01 Å². The summed E-state index contributed by atoms with van der Waals surface area (Å²) >= 11 is 28.2. The van der Waals surface area contributed by atoms with Crippen molar-refractivity contribution in [3.63, 3.8) is 0 Å². The van der Waals surface area contributed by atoms with Crippen LogP contribution in [0.15, 0.2) is 58.3 Å². The summed E-state index contributed by atoms with van der Waals surface area (Å²) in [7, 11) is 0. The van der Waals surface area contributed by atoms with Gasteiger partial charge < -0.3 is 40.6 Å². The largest absolute Gasteiger partial charge is 0.457 e. The smallest absolute Gasteiger partial charge is 0.336 e. The van der Waals surface area contributed by atoms with Crippen molar-refractivity contribution in [1.82, 2.24) is 29.2 Å².